The first kappa shape index (κ1) is 18.7. The van der Waals surface area contributed by atoms with E-state index in [1.54, 1.807) is 42.5 Å². The van der Waals surface area contributed by atoms with Crippen LogP contribution in [0.25, 0.3) is 0 Å². The minimum absolute atomic E-state index is 0.0992. The molecular weight excluding hydrogens is 386 g/mol. The number of hydrogen-bond acceptors (Lipinski definition) is 2. The Balaban J connectivity index is 1.62. The van der Waals surface area contributed by atoms with Gasteiger partial charge in [0.1, 0.15) is 5.82 Å². The monoisotopic (exact) mass is 406 g/mol. The Morgan fingerprint density at radius 1 is 1.15 bits per heavy atom. The van der Waals surface area contributed by atoms with Gasteiger partial charge in [-0.05, 0) is 61.6 Å². The van der Waals surface area contributed by atoms with Crippen LogP contribution in [0.15, 0.2) is 42.5 Å². The van der Waals surface area contributed by atoms with Crippen molar-refractivity contribution in [1.29, 1.82) is 0 Å². The Morgan fingerprint density at radius 3 is 2.67 bits per heavy atom. The molecule has 2 atom stereocenters. The maximum atomic E-state index is 14.7. The summed E-state index contributed by atoms with van der Waals surface area (Å²) in [7, 11) is 0. The zero-order chi connectivity index (χ0) is 19.0. The molecule has 0 bridgehead atoms. The summed E-state index contributed by atoms with van der Waals surface area (Å²) in [6.45, 7) is 1.66. The van der Waals surface area contributed by atoms with Gasteiger partial charge in [0.05, 0.1) is 11.1 Å². The highest BCUT2D eigenvalue weighted by Gasteiger charge is 2.43. The van der Waals surface area contributed by atoms with E-state index in [2.05, 4.69) is 10.2 Å². The van der Waals surface area contributed by atoms with Crippen molar-refractivity contribution in [2.24, 2.45) is 5.92 Å². The molecule has 4 rings (SSSR count). The minimum Gasteiger partial charge on any atom is -0.325 e. The Morgan fingerprint density at radius 2 is 1.93 bits per heavy atom. The van der Waals surface area contributed by atoms with Crippen LogP contribution in [0.4, 0.5) is 10.1 Å². The maximum Gasteiger partial charge on any atom is 0.242 e. The molecule has 1 N–H and O–H groups in total. The van der Waals surface area contributed by atoms with E-state index in [0.29, 0.717) is 22.2 Å². The van der Waals surface area contributed by atoms with Crippen molar-refractivity contribution in [3.63, 3.8) is 0 Å². The van der Waals surface area contributed by atoms with Gasteiger partial charge in [0.15, 0.2) is 0 Å². The third-order valence-electron chi connectivity index (χ3n) is 5.43. The topological polar surface area (TPSA) is 32.3 Å². The van der Waals surface area contributed by atoms with Gasteiger partial charge >= 0.3 is 0 Å². The molecule has 142 valence electrons. The third kappa shape index (κ3) is 4.13. The van der Waals surface area contributed by atoms with E-state index in [9.17, 15) is 9.18 Å². The zero-order valence-corrected chi connectivity index (χ0v) is 16.3. The highest BCUT2D eigenvalue weighted by atomic mass is 35.5. The van der Waals surface area contributed by atoms with E-state index in [1.807, 2.05) is 0 Å². The van der Waals surface area contributed by atoms with Crippen LogP contribution < -0.4 is 5.32 Å². The average molecular weight is 407 g/mol. The minimum atomic E-state index is -0.419. The van der Waals surface area contributed by atoms with Gasteiger partial charge in [0, 0.05) is 23.2 Å². The number of nitrogens with zero attached hydrogens (tertiary/aromatic N) is 1. The van der Waals surface area contributed by atoms with Crippen LogP contribution >= 0.6 is 23.2 Å². The Labute approximate surface area is 168 Å². The van der Waals surface area contributed by atoms with Crippen molar-refractivity contribution in [3.05, 3.63) is 63.9 Å². The molecule has 3 nitrogen and oxygen atoms in total. The summed E-state index contributed by atoms with van der Waals surface area (Å²) >= 11 is 12.0. The molecular formula is C21H21Cl2FN2O. The molecule has 6 heteroatoms. The van der Waals surface area contributed by atoms with Gasteiger partial charge in [-0.2, -0.15) is 0 Å². The summed E-state index contributed by atoms with van der Waals surface area (Å²) in [5, 5.41) is 3.62. The summed E-state index contributed by atoms with van der Waals surface area (Å²) in [5.41, 5.74) is 1.17. The fraction of sp³-hybridized carbons (Fsp3) is 0.381. The fourth-order valence-electron chi connectivity index (χ4n) is 3.96. The molecule has 2 aromatic rings. The van der Waals surface area contributed by atoms with Crippen LogP contribution in [0.1, 0.15) is 30.7 Å². The smallest absolute Gasteiger partial charge is 0.242 e. The first-order valence-corrected chi connectivity index (χ1v) is 10.0. The van der Waals surface area contributed by atoms with Gasteiger partial charge in [-0.1, -0.05) is 41.4 Å². The molecule has 0 radical (unpaired) electrons. The molecule has 27 heavy (non-hydrogen) atoms. The SMILES string of the molecule is O=C(Nc1cccc(Cl)c1)C1C(c2cccc(Cl)c2F)CCN1CC1CC1. The number of carbonyl (C=O) groups is 1. The fourth-order valence-corrected chi connectivity index (χ4v) is 4.33. The Kier molecular flexibility index (Phi) is 5.40. The normalized spacial score (nSPS) is 22.8. The molecule has 1 aliphatic heterocycles. The summed E-state index contributed by atoms with van der Waals surface area (Å²) in [6, 6.07) is 11.7. The number of halogens is 3. The number of benzene rings is 2. The predicted molar refractivity (Wildman–Crippen MR) is 107 cm³/mol. The van der Waals surface area contributed by atoms with Gasteiger partial charge in [-0.15, -0.1) is 0 Å². The first-order chi connectivity index (χ1) is 13.0. The van der Waals surface area contributed by atoms with Crippen LogP contribution in [0.3, 0.4) is 0 Å². The molecule has 1 saturated heterocycles. The van der Waals surface area contributed by atoms with E-state index < -0.39 is 11.9 Å². The molecule has 1 saturated carbocycles. The molecule has 1 aliphatic carbocycles. The van der Waals surface area contributed by atoms with Gasteiger partial charge in [-0.3, -0.25) is 9.69 Å². The second-order valence-corrected chi connectivity index (χ2v) is 8.26. The van der Waals surface area contributed by atoms with Crippen LogP contribution in [0.5, 0.6) is 0 Å². The lowest BCUT2D eigenvalue weighted by Gasteiger charge is -2.28. The van der Waals surface area contributed by atoms with Crippen molar-refractivity contribution in [1.82, 2.24) is 4.90 Å². The number of hydrogen-bond donors (Lipinski definition) is 1. The van der Waals surface area contributed by atoms with Gasteiger partial charge in [0.25, 0.3) is 0 Å². The van der Waals surface area contributed by atoms with Crippen molar-refractivity contribution >= 4 is 34.8 Å². The summed E-state index contributed by atoms with van der Waals surface area (Å²) in [4.78, 5) is 15.4. The van der Waals surface area contributed by atoms with Crippen molar-refractivity contribution < 1.29 is 9.18 Å². The standard InChI is InChI=1S/C21H21Cl2FN2O/c22-14-3-1-4-15(11-14)25-21(27)20-17(9-10-26(20)12-13-7-8-13)16-5-2-6-18(23)19(16)24/h1-6,11,13,17,20H,7-10,12H2,(H,25,27). The third-order valence-corrected chi connectivity index (χ3v) is 5.96. The molecule has 0 aromatic heterocycles. The van der Waals surface area contributed by atoms with E-state index in [4.69, 9.17) is 23.2 Å². The van der Waals surface area contributed by atoms with Crippen molar-refractivity contribution in [2.45, 2.75) is 31.2 Å². The number of rotatable bonds is 5. The molecule has 2 aliphatic rings. The molecule has 2 unspecified atom stereocenters. The molecule has 1 heterocycles. The quantitative estimate of drug-likeness (QED) is 0.726. The van der Waals surface area contributed by atoms with Gasteiger partial charge in [-0.25, -0.2) is 4.39 Å². The van der Waals surface area contributed by atoms with Crippen LogP contribution in [-0.2, 0) is 4.79 Å². The molecule has 2 fully saturated rings. The van der Waals surface area contributed by atoms with Gasteiger partial charge in [0.2, 0.25) is 5.91 Å². The largest absolute Gasteiger partial charge is 0.325 e. The maximum absolute atomic E-state index is 14.7. The van der Waals surface area contributed by atoms with Crippen LogP contribution in [-0.4, -0.2) is 29.9 Å². The highest BCUT2D eigenvalue weighted by molar-refractivity contribution is 6.31. The lowest BCUT2D eigenvalue weighted by atomic mass is 9.90. The summed E-state index contributed by atoms with van der Waals surface area (Å²) in [6.07, 6.45) is 3.14. The zero-order valence-electron chi connectivity index (χ0n) is 14.8. The summed E-state index contributed by atoms with van der Waals surface area (Å²) in [5.74, 6) is -0.117. The van der Waals surface area contributed by atoms with E-state index in [-0.39, 0.29) is 16.8 Å². The lowest BCUT2D eigenvalue weighted by Crippen LogP contribution is -2.43. The first-order valence-electron chi connectivity index (χ1n) is 9.27. The van der Waals surface area contributed by atoms with E-state index in [1.165, 1.54) is 12.8 Å². The van der Waals surface area contributed by atoms with Crippen LogP contribution in [0.2, 0.25) is 10.0 Å². The lowest BCUT2D eigenvalue weighted by molar-refractivity contribution is -0.120. The number of nitrogens with one attached hydrogen (secondary N) is 1. The average Bonchev–Trinajstić information content (AvgIpc) is 3.35. The second kappa shape index (κ2) is 7.78. The number of carbonyl (C=O) groups excluding carboxylic acids is 1. The van der Waals surface area contributed by atoms with Crippen molar-refractivity contribution in [2.75, 3.05) is 18.4 Å². The molecule has 0 spiro atoms. The predicted octanol–water partition coefficient (Wildman–Crippen LogP) is 5.34. The number of likely N-dealkylation sites (tertiary alicyclic amines) is 1. The van der Waals surface area contributed by atoms with Crippen LogP contribution in [0, 0.1) is 11.7 Å². The summed E-state index contributed by atoms with van der Waals surface area (Å²) < 4.78 is 14.7. The Hall–Kier alpha value is -1.62. The molecule has 2 aromatic carbocycles. The van der Waals surface area contributed by atoms with E-state index >= 15 is 0 Å². The second-order valence-electron chi connectivity index (χ2n) is 7.42. The molecule has 1 amide bonds. The van der Waals surface area contributed by atoms with Crippen molar-refractivity contribution in [3.8, 4) is 0 Å². The van der Waals surface area contributed by atoms with Gasteiger partial charge < -0.3 is 5.32 Å². The number of amides is 1. The highest BCUT2D eigenvalue weighted by Crippen LogP contribution is 2.40. The van der Waals surface area contributed by atoms with E-state index in [0.717, 1.165) is 19.5 Å². The number of anilines is 1. The Bertz CT molecular complexity index is 856.